The number of hydrogen-bond acceptors (Lipinski definition) is 1. The molecular weight excluding hydrogens is 220 g/mol. The Morgan fingerprint density at radius 3 is 2.72 bits per heavy atom. The molecule has 0 N–H and O–H groups in total. The lowest BCUT2D eigenvalue weighted by Crippen LogP contribution is -2.24. The molecule has 1 nitrogen and oxygen atoms in total. The van der Waals surface area contributed by atoms with Crippen LogP contribution in [0.3, 0.4) is 0 Å². The zero-order valence-corrected chi connectivity index (χ0v) is 11.6. The van der Waals surface area contributed by atoms with Crippen LogP contribution in [0.5, 0.6) is 0 Å². The van der Waals surface area contributed by atoms with E-state index in [1.807, 2.05) is 0 Å². The van der Waals surface area contributed by atoms with Crippen molar-refractivity contribution in [3.63, 3.8) is 0 Å². The highest BCUT2D eigenvalue weighted by Crippen LogP contribution is 2.31. The van der Waals surface area contributed by atoms with Crippen molar-refractivity contribution in [3.8, 4) is 0 Å². The van der Waals surface area contributed by atoms with E-state index in [-0.39, 0.29) is 0 Å². The lowest BCUT2D eigenvalue weighted by Gasteiger charge is -2.30. The summed E-state index contributed by atoms with van der Waals surface area (Å²) in [4.78, 5) is 0. The molecule has 1 aromatic carbocycles. The molecule has 1 aromatic rings. The molecule has 0 aromatic heterocycles. The molecule has 1 heteroatoms. The zero-order valence-electron chi connectivity index (χ0n) is 11.6. The van der Waals surface area contributed by atoms with Crippen LogP contribution < -0.4 is 0 Å². The Bertz CT molecular complexity index is 320. The van der Waals surface area contributed by atoms with E-state index in [0.29, 0.717) is 6.10 Å². The molecule has 18 heavy (non-hydrogen) atoms. The fraction of sp³-hybridized carbons (Fsp3) is 0.647. The number of ether oxygens (including phenoxy) is 1. The summed E-state index contributed by atoms with van der Waals surface area (Å²) in [5.74, 6) is 0.719. The second kappa shape index (κ2) is 7.58. The van der Waals surface area contributed by atoms with Crippen molar-refractivity contribution in [1.82, 2.24) is 0 Å². The molecule has 0 unspecified atom stereocenters. The van der Waals surface area contributed by atoms with Gasteiger partial charge in [0.1, 0.15) is 0 Å². The second-order valence-corrected chi connectivity index (χ2v) is 5.47. The molecule has 1 aliphatic heterocycles. The van der Waals surface area contributed by atoms with E-state index in [2.05, 4.69) is 37.3 Å². The van der Waals surface area contributed by atoms with Crippen molar-refractivity contribution in [2.45, 2.75) is 63.9 Å². The number of hydrogen-bond donors (Lipinski definition) is 0. The number of unbranched alkanes of at least 4 members (excludes halogenated alkanes) is 3. The van der Waals surface area contributed by atoms with E-state index < -0.39 is 0 Å². The van der Waals surface area contributed by atoms with E-state index >= 15 is 0 Å². The molecule has 0 radical (unpaired) electrons. The zero-order chi connectivity index (χ0) is 12.6. The van der Waals surface area contributed by atoms with Gasteiger partial charge in [-0.3, -0.25) is 0 Å². The fourth-order valence-electron chi connectivity index (χ4n) is 2.91. The third kappa shape index (κ3) is 4.13. The summed E-state index contributed by atoms with van der Waals surface area (Å²) in [7, 11) is 0. The predicted molar refractivity (Wildman–Crippen MR) is 76.9 cm³/mol. The molecule has 100 valence electrons. The Kier molecular flexibility index (Phi) is 5.73. The smallest absolute Gasteiger partial charge is 0.0581 e. The first kappa shape index (κ1) is 13.6. The first-order chi connectivity index (χ1) is 8.90. The molecule has 2 atom stereocenters. The van der Waals surface area contributed by atoms with E-state index in [0.717, 1.165) is 12.5 Å². The van der Waals surface area contributed by atoms with Crippen LogP contribution in [0.1, 0.15) is 63.4 Å². The van der Waals surface area contributed by atoms with Crippen LogP contribution in [0, 0.1) is 0 Å². The summed E-state index contributed by atoms with van der Waals surface area (Å²) in [5, 5.41) is 0. The molecule has 0 aliphatic carbocycles. The highest BCUT2D eigenvalue weighted by Gasteiger charge is 2.23. The highest BCUT2D eigenvalue weighted by molar-refractivity contribution is 5.20. The molecule has 0 spiro atoms. The molecule has 1 aliphatic rings. The van der Waals surface area contributed by atoms with Gasteiger partial charge in [0.2, 0.25) is 0 Å². The maximum Gasteiger partial charge on any atom is 0.0581 e. The van der Waals surface area contributed by atoms with Crippen LogP contribution in [0.15, 0.2) is 30.3 Å². The first-order valence-corrected chi connectivity index (χ1v) is 7.56. The van der Waals surface area contributed by atoms with Crippen LogP contribution in [0.25, 0.3) is 0 Å². The fourth-order valence-corrected chi connectivity index (χ4v) is 2.91. The highest BCUT2D eigenvalue weighted by atomic mass is 16.5. The SMILES string of the molecule is CCCCCC[C@H]1C[C@@H](c2ccccc2)CCO1. The maximum absolute atomic E-state index is 5.91. The normalized spacial score (nSPS) is 24.1. The van der Waals surface area contributed by atoms with Crippen LogP contribution in [-0.2, 0) is 4.74 Å². The van der Waals surface area contributed by atoms with Crippen molar-refractivity contribution in [2.75, 3.05) is 6.61 Å². The van der Waals surface area contributed by atoms with Gasteiger partial charge in [0.25, 0.3) is 0 Å². The molecule has 0 amide bonds. The van der Waals surface area contributed by atoms with Crippen molar-refractivity contribution >= 4 is 0 Å². The third-order valence-corrected chi connectivity index (χ3v) is 4.02. The minimum Gasteiger partial charge on any atom is -0.378 e. The minimum absolute atomic E-state index is 0.501. The average Bonchev–Trinajstić information content (AvgIpc) is 2.45. The molecule has 1 saturated heterocycles. The van der Waals surface area contributed by atoms with Crippen molar-refractivity contribution < 1.29 is 4.74 Å². The third-order valence-electron chi connectivity index (χ3n) is 4.02. The molecule has 1 heterocycles. The van der Waals surface area contributed by atoms with Gasteiger partial charge in [-0.05, 0) is 30.7 Å². The lowest BCUT2D eigenvalue weighted by molar-refractivity contribution is 0.000579. The maximum atomic E-state index is 5.91. The van der Waals surface area contributed by atoms with E-state index in [1.54, 1.807) is 0 Å². The first-order valence-electron chi connectivity index (χ1n) is 7.56. The Balaban J connectivity index is 1.78. The van der Waals surface area contributed by atoms with Gasteiger partial charge < -0.3 is 4.74 Å². The Morgan fingerprint density at radius 2 is 1.94 bits per heavy atom. The summed E-state index contributed by atoms with van der Waals surface area (Å²) in [5.41, 5.74) is 1.50. The molecule has 2 rings (SSSR count). The average molecular weight is 246 g/mol. The van der Waals surface area contributed by atoms with Crippen LogP contribution in [0.2, 0.25) is 0 Å². The van der Waals surface area contributed by atoms with Gasteiger partial charge in [0, 0.05) is 6.61 Å². The standard InChI is InChI=1S/C17H26O/c1-2-3-4-8-11-17-14-16(12-13-18-17)15-9-6-5-7-10-15/h5-7,9-10,16-17H,2-4,8,11-14H2,1H3/t16-,17-/m0/s1. The summed E-state index contributed by atoms with van der Waals surface area (Å²) >= 11 is 0. The number of benzene rings is 1. The summed E-state index contributed by atoms with van der Waals surface area (Å²) < 4.78 is 5.91. The molecule has 1 fully saturated rings. The summed E-state index contributed by atoms with van der Waals surface area (Å²) in [6.45, 7) is 3.21. The second-order valence-electron chi connectivity index (χ2n) is 5.47. The largest absolute Gasteiger partial charge is 0.378 e. The van der Waals surface area contributed by atoms with Gasteiger partial charge in [0.15, 0.2) is 0 Å². The van der Waals surface area contributed by atoms with E-state index in [4.69, 9.17) is 4.74 Å². The van der Waals surface area contributed by atoms with Gasteiger partial charge in [-0.2, -0.15) is 0 Å². The van der Waals surface area contributed by atoms with Gasteiger partial charge in [-0.1, -0.05) is 62.9 Å². The molecule has 0 bridgehead atoms. The predicted octanol–water partition coefficient (Wildman–Crippen LogP) is 4.92. The van der Waals surface area contributed by atoms with Crippen LogP contribution in [-0.4, -0.2) is 12.7 Å². The monoisotopic (exact) mass is 246 g/mol. The lowest BCUT2D eigenvalue weighted by atomic mass is 9.87. The Morgan fingerprint density at radius 1 is 1.11 bits per heavy atom. The minimum atomic E-state index is 0.501. The molecular formula is C17H26O. The van der Waals surface area contributed by atoms with Gasteiger partial charge in [-0.15, -0.1) is 0 Å². The van der Waals surface area contributed by atoms with Gasteiger partial charge >= 0.3 is 0 Å². The quantitative estimate of drug-likeness (QED) is 0.647. The summed E-state index contributed by atoms with van der Waals surface area (Å²) in [6, 6.07) is 10.9. The van der Waals surface area contributed by atoms with E-state index in [1.165, 1.54) is 50.5 Å². The van der Waals surface area contributed by atoms with Crippen LogP contribution >= 0.6 is 0 Å². The Hall–Kier alpha value is -0.820. The van der Waals surface area contributed by atoms with E-state index in [9.17, 15) is 0 Å². The van der Waals surface area contributed by atoms with Crippen LogP contribution in [0.4, 0.5) is 0 Å². The summed E-state index contributed by atoms with van der Waals surface area (Å²) in [6.07, 6.45) is 9.55. The van der Waals surface area contributed by atoms with Crippen molar-refractivity contribution in [3.05, 3.63) is 35.9 Å². The molecule has 0 saturated carbocycles. The van der Waals surface area contributed by atoms with Crippen molar-refractivity contribution in [1.29, 1.82) is 0 Å². The van der Waals surface area contributed by atoms with Gasteiger partial charge in [-0.25, -0.2) is 0 Å². The van der Waals surface area contributed by atoms with Crippen molar-refractivity contribution in [2.24, 2.45) is 0 Å². The topological polar surface area (TPSA) is 9.23 Å². The Labute approximate surface area is 112 Å². The number of rotatable bonds is 6. The van der Waals surface area contributed by atoms with Gasteiger partial charge in [0.05, 0.1) is 6.10 Å².